The first-order valence-corrected chi connectivity index (χ1v) is 13.2. The first kappa shape index (κ1) is 25.5. The zero-order valence-electron chi connectivity index (χ0n) is 20.9. The third-order valence-corrected chi connectivity index (χ3v) is 7.43. The van der Waals surface area contributed by atoms with E-state index < -0.39 is 5.82 Å². The summed E-state index contributed by atoms with van der Waals surface area (Å²) in [6, 6.07) is 22.9. The molecule has 0 radical (unpaired) electrons. The largest absolute Gasteiger partial charge is 0.368 e. The molecule has 0 bridgehead atoms. The third-order valence-electron chi connectivity index (χ3n) is 6.42. The number of amides is 2. The molecule has 2 heterocycles. The molecule has 0 atom stereocenters. The van der Waals surface area contributed by atoms with Crippen molar-refractivity contribution < 1.29 is 14.0 Å². The average molecular weight is 531 g/mol. The highest BCUT2D eigenvalue weighted by Gasteiger charge is 2.22. The number of hydrogen-bond acceptors (Lipinski definition) is 6. The lowest BCUT2D eigenvalue weighted by Gasteiger charge is -2.36. The van der Waals surface area contributed by atoms with Gasteiger partial charge in [-0.1, -0.05) is 30.0 Å². The van der Waals surface area contributed by atoms with E-state index in [1.807, 2.05) is 46.8 Å². The molecule has 10 heteroatoms. The second kappa shape index (κ2) is 11.5. The van der Waals surface area contributed by atoms with Crippen molar-refractivity contribution >= 4 is 35.0 Å². The van der Waals surface area contributed by atoms with Crippen molar-refractivity contribution in [2.75, 3.05) is 42.1 Å². The standard InChI is InChI=1S/C28H27FN6O2S/c1-33-26(20-9-13-23(14-10-20)30-27(37)21-7-11-22(29)12-8-21)31-32-28(33)38-19-25(36)35-17-15-34(16-18-35)24-5-3-2-4-6-24/h2-14H,15-19H2,1H3,(H,30,37). The molecule has 1 fully saturated rings. The van der Waals surface area contributed by atoms with Crippen LogP contribution in [0.15, 0.2) is 84.0 Å². The highest BCUT2D eigenvalue weighted by molar-refractivity contribution is 7.99. The van der Waals surface area contributed by atoms with Crippen LogP contribution in [-0.2, 0) is 11.8 Å². The molecule has 0 saturated carbocycles. The van der Waals surface area contributed by atoms with Crippen LogP contribution >= 0.6 is 11.8 Å². The first-order chi connectivity index (χ1) is 18.5. The number of aromatic nitrogens is 3. The Hall–Kier alpha value is -4.18. The predicted molar refractivity (Wildman–Crippen MR) is 147 cm³/mol. The van der Waals surface area contributed by atoms with Gasteiger partial charge in [0.15, 0.2) is 11.0 Å². The smallest absolute Gasteiger partial charge is 0.255 e. The maximum absolute atomic E-state index is 13.1. The number of anilines is 2. The molecule has 0 spiro atoms. The first-order valence-electron chi connectivity index (χ1n) is 12.3. The van der Waals surface area contributed by atoms with Crippen LogP contribution in [-0.4, -0.2) is 63.4 Å². The van der Waals surface area contributed by atoms with Crippen molar-refractivity contribution in [3.63, 3.8) is 0 Å². The number of nitrogens with one attached hydrogen (secondary N) is 1. The Morgan fingerprint density at radius 1 is 0.895 bits per heavy atom. The van der Waals surface area contributed by atoms with Crippen molar-refractivity contribution in [1.82, 2.24) is 19.7 Å². The number of para-hydroxylation sites is 1. The summed E-state index contributed by atoms with van der Waals surface area (Å²) in [6.07, 6.45) is 0. The van der Waals surface area contributed by atoms with E-state index in [0.717, 1.165) is 18.7 Å². The van der Waals surface area contributed by atoms with E-state index in [0.29, 0.717) is 41.1 Å². The summed E-state index contributed by atoms with van der Waals surface area (Å²) < 4.78 is 14.9. The summed E-state index contributed by atoms with van der Waals surface area (Å²) in [7, 11) is 1.87. The monoisotopic (exact) mass is 530 g/mol. The van der Waals surface area contributed by atoms with Crippen LogP contribution in [0.2, 0.25) is 0 Å². The summed E-state index contributed by atoms with van der Waals surface area (Å²) in [4.78, 5) is 29.4. The number of hydrogen-bond donors (Lipinski definition) is 1. The van der Waals surface area contributed by atoms with Crippen LogP contribution < -0.4 is 10.2 Å². The number of nitrogens with zero attached hydrogens (tertiary/aromatic N) is 5. The molecule has 1 N–H and O–H groups in total. The Kier molecular flexibility index (Phi) is 7.69. The topological polar surface area (TPSA) is 83.4 Å². The molecule has 194 valence electrons. The Balaban J connectivity index is 1.14. The van der Waals surface area contributed by atoms with Gasteiger partial charge in [-0.15, -0.1) is 10.2 Å². The van der Waals surface area contributed by atoms with E-state index in [-0.39, 0.29) is 11.8 Å². The van der Waals surface area contributed by atoms with Gasteiger partial charge < -0.3 is 19.7 Å². The SMILES string of the molecule is Cn1c(SCC(=O)N2CCN(c3ccccc3)CC2)nnc1-c1ccc(NC(=O)c2ccc(F)cc2)cc1. The Bertz CT molecular complexity index is 1400. The summed E-state index contributed by atoms with van der Waals surface area (Å²) in [5, 5.41) is 12.0. The molecule has 5 rings (SSSR count). The van der Waals surface area contributed by atoms with Crippen molar-refractivity contribution in [2.45, 2.75) is 5.16 Å². The van der Waals surface area contributed by atoms with Gasteiger partial charge in [0.05, 0.1) is 5.75 Å². The zero-order chi connectivity index (χ0) is 26.5. The van der Waals surface area contributed by atoms with E-state index in [9.17, 15) is 14.0 Å². The van der Waals surface area contributed by atoms with Crippen molar-refractivity contribution in [2.24, 2.45) is 7.05 Å². The molecule has 1 aromatic heterocycles. The third kappa shape index (κ3) is 5.86. The maximum atomic E-state index is 13.1. The number of benzene rings is 3. The minimum absolute atomic E-state index is 0.0912. The number of halogens is 1. The van der Waals surface area contributed by atoms with Gasteiger partial charge in [-0.05, 0) is 60.7 Å². The molecule has 2 amide bonds. The molecule has 0 unspecified atom stereocenters. The van der Waals surface area contributed by atoms with Gasteiger partial charge in [-0.25, -0.2) is 4.39 Å². The molecular formula is C28H27FN6O2S. The summed E-state index contributed by atoms with van der Waals surface area (Å²) in [6.45, 7) is 3.02. The number of rotatable bonds is 7. The fourth-order valence-electron chi connectivity index (χ4n) is 4.27. The van der Waals surface area contributed by atoms with Crippen molar-refractivity contribution in [3.05, 3.63) is 90.2 Å². The van der Waals surface area contributed by atoms with Crippen LogP contribution in [0.3, 0.4) is 0 Å². The van der Waals surface area contributed by atoms with E-state index >= 15 is 0 Å². The molecule has 8 nitrogen and oxygen atoms in total. The van der Waals surface area contributed by atoms with Crippen LogP contribution in [0, 0.1) is 5.82 Å². The Labute approximate surface area is 224 Å². The fraction of sp³-hybridized carbons (Fsp3) is 0.214. The van der Waals surface area contributed by atoms with Crippen molar-refractivity contribution in [3.8, 4) is 11.4 Å². The lowest BCUT2D eigenvalue weighted by Crippen LogP contribution is -2.49. The van der Waals surface area contributed by atoms with Gasteiger partial charge in [0.1, 0.15) is 5.82 Å². The average Bonchev–Trinajstić information content (AvgIpc) is 3.33. The quantitative estimate of drug-likeness (QED) is 0.359. The zero-order valence-corrected chi connectivity index (χ0v) is 21.7. The fourth-order valence-corrected chi connectivity index (χ4v) is 5.08. The second-order valence-corrected chi connectivity index (χ2v) is 9.84. The molecule has 3 aromatic carbocycles. The van der Waals surface area contributed by atoms with E-state index in [1.165, 1.54) is 41.7 Å². The van der Waals surface area contributed by atoms with Crippen LogP contribution in [0.5, 0.6) is 0 Å². The lowest BCUT2D eigenvalue weighted by atomic mass is 10.1. The van der Waals surface area contributed by atoms with E-state index in [1.54, 1.807) is 12.1 Å². The molecule has 1 saturated heterocycles. The maximum Gasteiger partial charge on any atom is 0.255 e. The van der Waals surface area contributed by atoms with Gasteiger partial charge >= 0.3 is 0 Å². The normalized spacial score (nSPS) is 13.4. The lowest BCUT2D eigenvalue weighted by molar-refractivity contribution is -0.128. The van der Waals surface area contributed by atoms with Gasteiger partial charge in [-0.3, -0.25) is 9.59 Å². The molecule has 1 aliphatic rings. The molecule has 1 aliphatic heterocycles. The molecule has 38 heavy (non-hydrogen) atoms. The minimum atomic E-state index is -0.391. The van der Waals surface area contributed by atoms with E-state index in [2.05, 4.69) is 32.5 Å². The minimum Gasteiger partial charge on any atom is -0.368 e. The highest BCUT2D eigenvalue weighted by Crippen LogP contribution is 2.25. The van der Waals surface area contributed by atoms with Gasteiger partial charge in [0, 0.05) is 55.7 Å². The molecule has 0 aliphatic carbocycles. The predicted octanol–water partition coefficient (Wildman–Crippen LogP) is 4.31. The summed E-state index contributed by atoms with van der Waals surface area (Å²) in [5.74, 6) is 0.340. The molecular weight excluding hydrogens is 503 g/mol. The van der Waals surface area contributed by atoms with Crippen molar-refractivity contribution in [1.29, 1.82) is 0 Å². The van der Waals surface area contributed by atoms with E-state index in [4.69, 9.17) is 0 Å². The van der Waals surface area contributed by atoms with Gasteiger partial charge in [0.25, 0.3) is 5.91 Å². The number of carbonyl (C=O) groups is 2. The number of piperazine rings is 1. The number of thioether (sulfide) groups is 1. The van der Waals surface area contributed by atoms with Gasteiger partial charge in [0.2, 0.25) is 5.91 Å². The summed E-state index contributed by atoms with van der Waals surface area (Å²) >= 11 is 1.37. The highest BCUT2D eigenvalue weighted by atomic mass is 32.2. The van der Waals surface area contributed by atoms with Crippen LogP contribution in [0.4, 0.5) is 15.8 Å². The van der Waals surface area contributed by atoms with Crippen LogP contribution in [0.25, 0.3) is 11.4 Å². The molecule has 4 aromatic rings. The van der Waals surface area contributed by atoms with Gasteiger partial charge in [-0.2, -0.15) is 0 Å². The number of carbonyl (C=O) groups excluding carboxylic acids is 2. The second-order valence-electron chi connectivity index (χ2n) is 8.90. The Morgan fingerprint density at radius 2 is 1.58 bits per heavy atom. The van der Waals surface area contributed by atoms with Crippen LogP contribution in [0.1, 0.15) is 10.4 Å². The Morgan fingerprint density at radius 3 is 2.26 bits per heavy atom. The summed E-state index contributed by atoms with van der Waals surface area (Å²) in [5.41, 5.74) is 3.00.